The largest absolute Gasteiger partial charge is 0.507 e. The molecular formula is C19H17BrN4O2S. The molecule has 0 saturated heterocycles. The van der Waals surface area contributed by atoms with E-state index in [4.69, 9.17) is 0 Å². The summed E-state index contributed by atoms with van der Waals surface area (Å²) in [4.78, 5) is 12.3. The number of benzene rings is 2. The second kappa shape index (κ2) is 8.88. The van der Waals surface area contributed by atoms with Crippen LogP contribution in [0.4, 0.5) is 5.69 Å². The molecule has 0 bridgehead atoms. The van der Waals surface area contributed by atoms with Gasteiger partial charge in [-0.2, -0.15) is 0 Å². The zero-order chi connectivity index (χ0) is 19.2. The van der Waals surface area contributed by atoms with Crippen molar-refractivity contribution in [2.24, 2.45) is 0 Å². The number of aromatic hydroxyl groups is 1. The minimum atomic E-state index is -0.149. The molecule has 1 heterocycles. The van der Waals surface area contributed by atoms with Crippen molar-refractivity contribution in [3.63, 3.8) is 0 Å². The van der Waals surface area contributed by atoms with Crippen molar-refractivity contribution in [2.75, 3.05) is 11.1 Å². The lowest BCUT2D eigenvalue weighted by molar-refractivity contribution is -0.113. The van der Waals surface area contributed by atoms with Crippen molar-refractivity contribution in [1.29, 1.82) is 0 Å². The van der Waals surface area contributed by atoms with Crippen LogP contribution >= 0.6 is 27.7 Å². The lowest BCUT2D eigenvalue weighted by atomic mass is 10.2. The molecule has 0 saturated carbocycles. The highest BCUT2D eigenvalue weighted by Crippen LogP contribution is 2.30. The Labute approximate surface area is 169 Å². The van der Waals surface area contributed by atoms with Gasteiger partial charge in [-0.25, -0.2) is 0 Å². The van der Waals surface area contributed by atoms with Gasteiger partial charge in [0.15, 0.2) is 11.0 Å². The third kappa shape index (κ3) is 4.58. The van der Waals surface area contributed by atoms with Crippen molar-refractivity contribution in [3.8, 4) is 17.1 Å². The summed E-state index contributed by atoms with van der Waals surface area (Å²) in [7, 11) is 0. The second-order valence-electron chi connectivity index (χ2n) is 5.54. The SMILES string of the molecule is C=CCn1c(SCC(=O)Nc2ccccc2Br)nnc1-c1ccccc1O. The third-order valence-corrected chi connectivity index (χ3v) is 5.31. The number of nitrogens with one attached hydrogen (secondary N) is 1. The lowest BCUT2D eigenvalue weighted by Crippen LogP contribution is -2.15. The van der Waals surface area contributed by atoms with E-state index >= 15 is 0 Å². The predicted molar refractivity (Wildman–Crippen MR) is 111 cm³/mol. The fourth-order valence-corrected chi connectivity index (χ4v) is 3.56. The predicted octanol–water partition coefficient (Wildman–Crippen LogP) is 4.33. The summed E-state index contributed by atoms with van der Waals surface area (Å²) in [5, 5.41) is 21.9. The van der Waals surface area contributed by atoms with E-state index in [1.54, 1.807) is 24.3 Å². The Morgan fingerprint density at radius 2 is 1.96 bits per heavy atom. The molecule has 2 aromatic carbocycles. The van der Waals surface area contributed by atoms with Crippen molar-refractivity contribution < 1.29 is 9.90 Å². The molecule has 8 heteroatoms. The van der Waals surface area contributed by atoms with Crippen molar-refractivity contribution in [3.05, 3.63) is 65.7 Å². The highest BCUT2D eigenvalue weighted by Gasteiger charge is 2.17. The highest BCUT2D eigenvalue weighted by molar-refractivity contribution is 9.10. The van der Waals surface area contributed by atoms with Crippen LogP contribution in [-0.4, -0.2) is 31.5 Å². The summed E-state index contributed by atoms with van der Waals surface area (Å²) in [6, 6.07) is 14.4. The first-order valence-corrected chi connectivity index (χ1v) is 9.87. The summed E-state index contributed by atoms with van der Waals surface area (Å²) in [5.41, 5.74) is 1.29. The number of phenolic OH excluding ortho intramolecular Hbond substituents is 1. The Hall–Kier alpha value is -2.58. The van der Waals surface area contributed by atoms with Crippen LogP contribution in [0.15, 0.2) is 70.8 Å². The van der Waals surface area contributed by atoms with E-state index in [2.05, 4.69) is 38.0 Å². The number of carbonyl (C=O) groups is 1. The van der Waals surface area contributed by atoms with Gasteiger partial charge >= 0.3 is 0 Å². The highest BCUT2D eigenvalue weighted by atomic mass is 79.9. The molecule has 1 amide bonds. The first-order chi connectivity index (χ1) is 13.1. The summed E-state index contributed by atoms with van der Waals surface area (Å²) in [5.74, 6) is 0.682. The van der Waals surface area contributed by atoms with Gasteiger partial charge in [-0.1, -0.05) is 42.1 Å². The van der Waals surface area contributed by atoms with Crippen molar-refractivity contribution in [2.45, 2.75) is 11.7 Å². The van der Waals surface area contributed by atoms with Crippen molar-refractivity contribution in [1.82, 2.24) is 14.8 Å². The van der Waals surface area contributed by atoms with E-state index < -0.39 is 0 Å². The number of allylic oxidation sites excluding steroid dienone is 1. The van der Waals surface area contributed by atoms with Gasteiger partial charge in [-0.15, -0.1) is 16.8 Å². The number of nitrogens with zero attached hydrogens (tertiary/aromatic N) is 3. The average Bonchev–Trinajstić information content (AvgIpc) is 3.05. The maximum Gasteiger partial charge on any atom is 0.234 e. The Morgan fingerprint density at radius 3 is 2.70 bits per heavy atom. The van der Waals surface area contributed by atoms with E-state index in [0.717, 1.165) is 4.47 Å². The van der Waals surface area contributed by atoms with Gasteiger partial charge in [0.25, 0.3) is 0 Å². The molecule has 6 nitrogen and oxygen atoms in total. The van der Waals surface area contributed by atoms with Crippen LogP contribution in [-0.2, 0) is 11.3 Å². The number of phenols is 1. The lowest BCUT2D eigenvalue weighted by Gasteiger charge is -2.09. The molecule has 0 unspecified atom stereocenters. The molecule has 3 rings (SSSR count). The fourth-order valence-electron chi connectivity index (χ4n) is 2.43. The normalized spacial score (nSPS) is 10.6. The maximum atomic E-state index is 12.3. The van der Waals surface area contributed by atoms with Crippen LogP contribution < -0.4 is 5.32 Å². The molecule has 0 aliphatic rings. The zero-order valence-corrected chi connectivity index (χ0v) is 16.7. The Kier molecular flexibility index (Phi) is 6.31. The third-order valence-electron chi connectivity index (χ3n) is 3.65. The number of amides is 1. The van der Waals surface area contributed by atoms with Gasteiger partial charge < -0.3 is 10.4 Å². The summed E-state index contributed by atoms with van der Waals surface area (Å²) >= 11 is 4.68. The van der Waals surface area contributed by atoms with Crippen LogP contribution in [0, 0.1) is 0 Å². The molecule has 1 aromatic heterocycles. The fraction of sp³-hybridized carbons (Fsp3) is 0.105. The quantitative estimate of drug-likeness (QED) is 0.418. The zero-order valence-electron chi connectivity index (χ0n) is 14.3. The number of hydrogen-bond donors (Lipinski definition) is 2. The molecule has 138 valence electrons. The van der Waals surface area contributed by atoms with E-state index in [0.29, 0.717) is 28.8 Å². The Balaban J connectivity index is 1.75. The molecule has 3 aromatic rings. The molecule has 0 spiro atoms. The van der Waals surface area contributed by atoms with E-state index in [-0.39, 0.29) is 17.4 Å². The molecule has 0 aliphatic carbocycles. The van der Waals surface area contributed by atoms with Gasteiger partial charge in [0.2, 0.25) is 5.91 Å². The Morgan fingerprint density at radius 1 is 1.22 bits per heavy atom. The first-order valence-electron chi connectivity index (χ1n) is 8.09. The minimum absolute atomic E-state index is 0.124. The average molecular weight is 445 g/mol. The molecule has 0 fully saturated rings. The standard InChI is InChI=1S/C19H17BrN4O2S/c1-2-11-24-18(13-7-3-6-10-16(13)25)22-23-19(24)27-12-17(26)21-15-9-5-4-8-14(15)20/h2-10,25H,1,11-12H2,(H,21,26). The number of thioether (sulfide) groups is 1. The van der Waals surface area contributed by atoms with Crippen LogP contribution in [0.25, 0.3) is 11.4 Å². The molecule has 0 radical (unpaired) electrons. The summed E-state index contributed by atoms with van der Waals surface area (Å²) < 4.78 is 2.64. The number of anilines is 1. The Bertz CT molecular complexity index is 974. The van der Waals surface area contributed by atoms with Crippen LogP contribution in [0.5, 0.6) is 5.75 Å². The van der Waals surface area contributed by atoms with Crippen molar-refractivity contribution >= 4 is 39.3 Å². The topological polar surface area (TPSA) is 80.0 Å². The second-order valence-corrected chi connectivity index (χ2v) is 7.34. The van der Waals surface area contributed by atoms with E-state index in [1.807, 2.05) is 34.9 Å². The van der Waals surface area contributed by atoms with Gasteiger partial charge in [-0.3, -0.25) is 9.36 Å². The maximum absolute atomic E-state index is 12.3. The van der Waals surface area contributed by atoms with E-state index in [9.17, 15) is 9.90 Å². The van der Waals surface area contributed by atoms with Gasteiger partial charge in [0, 0.05) is 11.0 Å². The van der Waals surface area contributed by atoms with Crippen LogP contribution in [0.1, 0.15) is 0 Å². The monoisotopic (exact) mass is 444 g/mol. The summed E-state index contributed by atoms with van der Waals surface area (Å²) in [6.07, 6.45) is 1.72. The number of para-hydroxylation sites is 2. The van der Waals surface area contributed by atoms with Gasteiger partial charge in [0.05, 0.1) is 17.0 Å². The minimum Gasteiger partial charge on any atom is -0.507 e. The molecule has 0 aliphatic heterocycles. The number of halogens is 1. The number of aromatic nitrogens is 3. The smallest absolute Gasteiger partial charge is 0.234 e. The van der Waals surface area contributed by atoms with Gasteiger partial charge in [-0.05, 0) is 40.2 Å². The number of hydrogen-bond acceptors (Lipinski definition) is 5. The molecule has 2 N–H and O–H groups in total. The van der Waals surface area contributed by atoms with Crippen LogP contribution in [0.3, 0.4) is 0 Å². The molecule has 0 atom stereocenters. The van der Waals surface area contributed by atoms with Gasteiger partial charge in [0.1, 0.15) is 5.75 Å². The molecular weight excluding hydrogens is 428 g/mol. The van der Waals surface area contributed by atoms with Crippen LogP contribution in [0.2, 0.25) is 0 Å². The number of carbonyl (C=O) groups excluding carboxylic acids is 1. The van der Waals surface area contributed by atoms with E-state index in [1.165, 1.54) is 11.8 Å². The summed E-state index contributed by atoms with van der Waals surface area (Å²) in [6.45, 7) is 4.23. The number of rotatable bonds is 7. The first kappa shape index (κ1) is 19.2. The molecule has 27 heavy (non-hydrogen) atoms.